The largest absolute Gasteiger partial charge is 0.187 e. The lowest BCUT2D eigenvalue weighted by Gasteiger charge is -1.97. The Kier molecular flexibility index (Phi) is 3.95. The molecule has 0 nitrogen and oxygen atoms in total. The fourth-order valence-electron chi connectivity index (χ4n) is 2.80. The topological polar surface area (TPSA) is 0 Å². The lowest BCUT2D eigenvalue weighted by molar-refractivity contribution is 1.75. The van der Waals surface area contributed by atoms with Gasteiger partial charge in [0.05, 0.1) is 0 Å². The van der Waals surface area contributed by atoms with Crippen molar-refractivity contribution >= 4 is 77.0 Å². The van der Waals surface area contributed by atoms with Crippen molar-refractivity contribution in [1.82, 2.24) is 0 Å². The summed E-state index contributed by atoms with van der Waals surface area (Å²) in [5.41, 5.74) is 0. The molecule has 0 aliphatic rings. The van der Waals surface area contributed by atoms with E-state index in [9.17, 15) is 0 Å². The summed E-state index contributed by atoms with van der Waals surface area (Å²) >= 11 is 24.8. The lowest BCUT2D eigenvalue weighted by Crippen LogP contribution is -1.73. The van der Waals surface area contributed by atoms with Gasteiger partial charge in [-0.25, -0.2) is 0 Å². The zero-order chi connectivity index (χ0) is 16.1. The average molecular weight is 399 g/mol. The third-order valence-electron chi connectivity index (χ3n) is 3.68. The van der Waals surface area contributed by atoms with Gasteiger partial charge in [-0.3, -0.25) is 0 Å². The molecule has 0 amide bonds. The fraction of sp³-hybridized carbons (Fsp3) is 0. The van der Waals surface area contributed by atoms with Crippen molar-refractivity contribution in [2.24, 2.45) is 0 Å². The van der Waals surface area contributed by atoms with Crippen LogP contribution in [0.5, 0.6) is 0 Å². The van der Waals surface area contributed by atoms with E-state index in [0.717, 1.165) is 15.7 Å². The minimum atomic E-state index is -0.264. The Morgan fingerprint density at radius 2 is 1.00 bits per heavy atom. The van der Waals surface area contributed by atoms with Gasteiger partial charge in [-0.2, -0.15) is 0 Å². The number of hydrogen-bond donors (Lipinski definition) is 0. The Morgan fingerprint density at radius 3 is 1.48 bits per heavy atom. The first-order chi connectivity index (χ1) is 11.0. The molecular weight excluding hydrogens is 390 g/mol. The van der Waals surface area contributed by atoms with Gasteiger partial charge in [-0.1, -0.05) is 46.4 Å². The fourth-order valence-corrected chi connectivity index (χ4v) is 6.22. The molecule has 3 aromatic carbocycles. The third-order valence-corrected chi connectivity index (χ3v) is 6.89. The number of halogens is 4. The van der Waals surface area contributed by atoms with E-state index in [1.807, 2.05) is 36.4 Å². The average Bonchev–Trinajstić information content (AvgIpc) is 2.79. The van der Waals surface area contributed by atoms with Crippen LogP contribution in [-0.2, 0) is 0 Å². The summed E-state index contributed by atoms with van der Waals surface area (Å²) in [4.78, 5) is 1.09. The number of fused-ring (bicyclic) bond motifs is 3. The van der Waals surface area contributed by atoms with Gasteiger partial charge in [-0.05, 0) is 30.3 Å². The molecule has 0 radical (unpaired) electrons. The monoisotopic (exact) mass is 397 g/mol. The van der Waals surface area contributed by atoms with Crippen molar-refractivity contribution in [3.8, 4) is 4.90 Å². The van der Waals surface area contributed by atoms with Crippen molar-refractivity contribution in [2.45, 2.75) is 0 Å². The van der Waals surface area contributed by atoms with Gasteiger partial charge < -0.3 is 0 Å². The molecule has 0 aliphatic heterocycles. The van der Waals surface area contributed by atoms with E-state index < -0.39 is 0 Å². The highest BCUT2D eigenvalue weighted by molar-refractivity contribution is 7.50. The maximum atomic E-state index is 6.21. The van der Waals surface area contributed by atoms with E-state index in [1.54, 1.807) is 6.07 Å². The summed E-state index contributed by atoms with van der Waals surface area (Å²) in [7, 11) is -0.264. The summed E-state index contributed by atoms with van der Waals surface area (Å²) in [5.74, 6) is 0. The highest BCUT2D eigenvalue weighted by Crippen LogP contribution is 2.50. The van der Waals surface area contributed by atoms with Gasteiger partial charge >= 0.3 is 0 Å². The standard InChI is InChI=1S/C18H9Cl4S/c19-10-1-3-17-15(8-10)16-9-11(20)2-4-18(16)23(17)14-6-12(21)5-13(22)7-14/h1-9H/q+1. The van der Waals surface area contributed by atoms with Crippen LogP contribution < -0.4 is 0 Å². The quantitative estimate of drug-likeness (QED) is 0.282. The molecule has 23 heavy (non-hydrogen) atoms. The number of hydrogen-bond acceptors (Lipinski definition) is 0. The minimum absolute atomic E-state index is 0.264. The summed E-state index contributed by atoms with van der Waals surface area (Å²) in [6.45, 7) is 0. The van der Waals surface area contributed by atoms with E-state index in [0.29, 0.717) is 20.1 Å². The molecule has 0 unspecified atom stereocenters. The zero-order valence-electron chi connectivity index (χ0n) is 11.6. The van der Waals surface area contributed by atoms with Gasteiger partial charge in [0.25, 0.3) is 0 Å². The van der Waals surface area contributed by atoms with E-state index in [4.69, 9.17) is 46.4 Å². The van der Waals surface area contributed by atoms with E-state index in [1.165, 1.54) is 9.40 Å². The summed E-state index contributed by atoms with van der Waals surface area (Å²) in [6, 6.07) is 17.7. The Balaban J connectivity index is 2.19. The maximum absolute atomic E-state index is 6.21. The highest BCUT2D eigenvalue weighted by atomic mass is 35.5. The summed E-state index contributed by atoms with van der Waals surface area (Å²) < 4.78 is 2.43. The molecule has 0 aliphatic carbocycles. The number of thiophene rings is 1. The first-order valence-electron chi connectivity index (χ1n) is 6.83. The molecule has 0 spiro atoms. The molecule has 4 aromatic rings. The van der Waals surface area contributed by atoms with Crippen LogP contribution in [0.15, 0.2) is 54.6 Å². The van der Waals surface area contributed by atoms with Crippen LogP contribution in [0, 0.1) is 0 Å². The lowest BCUT2D eigenvalue weighted by atomic mass is 10.1. The molecule has 0 fully saturated rings. The Bertz CT molecular complexity index is 986. The second-order valence-electron chi connectivity index (χ2n) is 5.19. The normalized spacial score (nSPS) is 11.5. The second-order valence-corrected chi connectivity index (χ2v) is 8.90. The van der Waals surface area contributed by atoms with Crippen LogP contribution in [0.1, 0.15) is 0 Å². The smallest absolute Gasteiger partial charge is 0.0843 e. The van der Waals surface area contributed by atoms with Gasteiger partial charge in [-0.15, -0.1) is 0 Å². The van der Waals surface area contributed by atoms with Crippen LogP contribution in [-0.4, -0.2) is 0 Å². The predicted octanol–water partition coefficient (Wildman–Crippen LogP) is 8.34. The molecule has 0 saturated heterocycles. The van der Waals surface area contributed by atoms with Crippen LogP contribution in [0.25, 0.3) is 25.1 Å². The molecule has 1 aromatic heterocycles. The minimum Gasteiger partial charge on any atom is -0.0843 e. The van der Waals surface area contributed by atoms with Gasteiger partial charge in [0.1, 0.15) is 0 Å². The predicted molar refractivity (Wildman–Crippen MR) is 105 cm³/mol. The van der Waals surface area contributed by atoms with Crippen LogP contribution in [0.4, 0.5) is 0 Å². The molecule has 4 rings (SSSR count). The zero-order valence-corrected chi connectivity index (χ0v) is 15.5. The molecule has 0 atom stereocenters. The van der Waals surface area contributed by atoms with Crippen molar-refractivity contribution < 1.29 is 0 Å². The third kappa shape index (κ3) is 2.71. The first kappa shape index (κ1) is 15.6. The molecular formula is C18H9Cl4S+. The van der Waals surface area contributed by atoms with Gasteiger partial charge in [0, 0.05) is 65.6 Å². The Labute approximate surface area is 156 Å². The van der Waals surface area contributed by atoms with Gasteiger partial charge in [0.2, 0.25) is 0 Å². The van der Waals surface area contributed by atoms with Crippen molar-refractivity contribution in [3.63, 3.8) is 0 Å². The van der Waals surface area contributed by atoms with Crippen LogP contribution in [0.3, 0.4) is 0 Å². The maximum Gasteiger partial charge on any atom is 0.187 e. The van der Waals surface area contributed by atoms with Crippen molar-refractivity contribution in [3.05, 3.63) is 74.7 Å². The van der Waals surface area contributed by atoms with E-state index in [2.05, 4.69) is 12.1 Å². The van der Waals surface area contributed by atoms with Crippen molar-refractivity contribution in [2.75, 3.05) is 0 Å². The Hall–Kier alpha value is -0.960. The number of benzene rings is 3. The molecule has 1 heterocycles. The Morgan fingerprint density at radius 1 is 0.522 bits per heavy atom. The highest BCUT2D eigenvalue weighted by Gasteiger charge is 2.24. The van der Waals surface area contributed by atoms with E-state index in [-0.39, 0.29) is 10.5 Å². The molecule has 114 valence electrons. The summed E-state index contributed by atoms with van der Waals surface area (Å²) in [6.07, 6.45) is 0. The van der Waals surface area contributed by atoms with Crippen LogP contribution in [0.2, 0.25) is 20.1 Å². The first-order valence-corrected chi connectivity index (χ1v) is 9.56. The van der Waals surface area contributed by atoms with Crippen LogP contribution >= 0.6 is 56.9 Å². The molecule has 0 saturated carbocycles. The molecule has 0 bridgehead atoms. The second kappa shape index (κ2) is 5.84. The van der Waals surface area contributed by atoms with E-state index >= 15 is 0 Å². The van der Waals surface area contributed by atoms with Crippen molar-refractivity contribution in [1.29, 1.82) is 0 Å². The molecule has 5 heteroatoms. The number of rotatable bonds is 1. The molecule has 0 N–H and O–H groups in total. The van der Waals surface area contributed by atoms with Gasteiger partial charge in [0.15, 0.2) is 14.3 Å². The SMILES string of the molecule is Clc1cc(Cl)cc(-[s+]2c3ccc(Cl)cc3c3cc(Cl)ccc32)c1. The summed E-state index contributed by atoms with van der Waals surface area (Å²) in [5, 5.41) is 4.94.